The lowest BCUT2D eigenvalue weighted by Gasteiger charge is -2.36. The number of benzene rings is 2. The lowest BCUT2D eigenvalue weighted by atomic mass is 10.0. The quantitative estimate of drug-likeness (QED) is 0.461. The highest BCUT2D eigenvalue weighted by atomic mass is 28.4. The van der Waals surface area contributed by atoms with Gasteiger partial charge in [-0.2, -0.15) is 0 Å². The summed E-state index contributed by atoms with van der Waals surface area (Å²) >= 11 is 0. The average molecular weight is 394 g/mol. The van der Waals surface area contributed by atoms with E-state index < -0.39 is 8.32 Å². The molecule has 3 rings (SSSR count). The van der Waals surface area contributed by atoms with Crippen LogP contribution in [-0.2, 0) is 10.8 Å². The van der Waals surface area contributed by atoms with Gasteiger partial charge in [-0.1, -0.05) is 69.3 Å². The zero-order valence-corrected chi connectivity index (χ0v) is 18.9. The largest absolute Gasteiger partial charge is 0.416 e. The van der Waals surface area contributed by atoms with Gasteiger partial charge in [-0.3, -0.25) is 9.36 Å². The summed E-state index contributed by atoms with van der Waals surface area (Å²) < 4.78 is 8.31. The van der Waals surface area contributed by atoms with E-state index in [0.717, 1.165) is 28.6 Å². The predicted octanol–water partition coefficient (Wildman–Crippen LogP) is 6.53. The molecule has 28 heavy (non-hydrogen) atoms. The Morgan fingerprint density at radius 1 is 1.00 bits per heavy atom. The minimum Gasteiger partial charge on any atom is -0.416 e. The summed E-state index contributed by atoms with van der Waals surface area (Å²) in [6.45, 7) is 13.6. The molecule has 0 radical (unpaired) electrons. The van der Waals surface area contributed by atoms with Crippen LogP contribution in [0.1, 0.15) is 38.1 Å². The van der Waals surface area contributed by atoms with Gasteiger partial charge in [0.25, 0.3) is 0 Å². The van der Waals surface area contributed by atoms with Gasteiger partial charge in [0.1, 0.15) is 0 Å². The number of hydrogen-bond acceptors (Lipinski definition) is 2. The second kappa shape index (κ2) is 7.68. The van der Waals surface area contributed by atoms with Crippen LogP contribution in [-0.4, -0.2) is 25.4 Å². The lowest BCUT2D eigenvalue weighted by molar-refractivity contribution is 0.0943. The molecule has 1 heterocycles. The molecule has 0 aliphatic heterocycles. The topological polar surface area (TPSA) is 31.2 Å². The zero-order valence-electron chi connectivity index (χ0n) is 17.9. The summed E-state index contributed by atoms with van der Waals surface area (Å²) in [6.07, 6.45) is 0.789. The van der Waals surface area contributed by atoms with Gasteiger partial charge in [0, 0.05) is 18.9 Å². The van der Waals surface area contributed by atoms with E-state index in [1.807, 2.05) is 41.0 Å². The van der Waals surface area contributed by atoms with Gasteiger partial charge in [-0.05, 0) is 41.7 Å². The maximum Gasteiger partial charge on any atom is 0.228 e. The van der Waals surface area contributed by atoms with Crippen LogP contribution in [0.4, 0.5) is 0 Å². The van der Waals surface area contributed by atoms with E-state index in [9.17, 15) is 4.79 Å². The van der Waals surface area contributed by atoms with E-state index in [0.29, 0.717) is 6.61 Å². The standard InChI is InChI=1S/C24H31NO2Si/c1-18(26)25-22-15-11-10-14-20(22)21(23(25)19-12-8-7-9-13-19)16-17-27-28(5,6)24(2,3)4/h7-15H,16-17H2,1-6H3. The molecule has 0 saturated heterocycles. The molecule has 2 aromatic carbocycles. The van der Waals surface area contributed by atoms with E-state index in [4.69, 9.17) is 4.43 Å². The molecule has 0 amide bonds. The van der Waals surface area contributed by atoms with Gasteiger partial charge in [0.15, 0.2) is 8.32 Å². The number of carbonyl (C=O) groups excluding carboxylic acids is 1. The Labute approximate surface area is 169 Å². The first-order valence-corrected chi connectivity index (χ1v) is 12.9. The van der Waals surface area contributed by atoms with Crippen molar-refractivity contribution in [1.29, 1.82) is 0 Å². The van der Waals surface area contributed by atoms with Gasteiger partial charge in [-0.15, -0.1) is 0 Å². The van der Waals surface area contributed by atoms with Crippen LogP contribution in [0.25, 0.3) is 22.2 Å². The van der Waals surface area contributed by atoms with Crippen molar-refractivity contribution in [3.63, 3.8) is 0 Å². The number of hydrogen-bond donors (Lipinski definition) is 0. The number of carbonyl (C=O) groups is 1. The Morgan fingerprint density at radius 2 is 1.61 bits per heavy atom. The maximum absolute atomic E-state index is 12.6. The molecule has 0 saturated carbocycles. The molecule has 0 fully saturated rings. The molecule has 0 N–H and O–H groups in total. The Kier molecular flexibility index (Phi) is 5.64. The van der Waals surface area contributed by atoms with Crippen LogP contribution in [0.15, 0.2) is 54.6 Å². The smallest absolute Gasteiger partial charge is 0.228 e. The van der Waals surface area contributed by atoms with Gasteiger partial charge >= 0.3 is 0 Å². The Morgan fingerprint density at radius 3 is 2.21 bits per heavy atom. The minimum atomic E-state index is -1.81. The average Bonchev–Trinajstić information content (AvgIpc) is 2.96. The van der Waals surface area contributed by atoms with Crippen molar-refractivity contribution in [2.45, 2.75) is 52.2 Å². The van der Waals surface area contributed by atoms with Crippen molar-refractivity contribution < 1.29 is 9.22 Å². The fourth-order valence-corrected chi connectivity index (χ4v) is 4.46. The second-order valence-electron chi connectivity index (χ2n) is 8.92. The van der Waals surface area contributed by atoms with Crippen LogP contribution in [0.5, 0.6) is 0 Å². The van der Waals surface area contributed by atoms with Gasteiger partial charge < -0.3 is 4.43 Å². The molecular formula is C24H31NO2Si. The molecule has 1 aromatic heterocycles. The summed E-state index contributed by atoms with van der Waals surface area (Å²) in [6, 6.07) is 18.4. The van der Waals surface area contributed by atoms with Crippen molar-refractivity contribution in [2.75, 3.05) is 6.61 Å². The van der Waals surface area contributed by atoms with Crippen molar-refractivity contribution >= 4 is 25.1 Å². The number of rotatable bonds is 5. The molecule has 0 aliphatic rings. The first-order chi connectivity index (χ1) is 13.1. The first kappa shape index (κ1) is 20.6. The summed E-state index contributed by atoms with van der Waals surface area (Å²) in [7, 11) is -1.81. The van der Waals surface area contributed by atoms with Crippen molar-refractivity contribution in [1.82, 2.24) is 4.57 Å². The fraction of sp³-hybridized carbons (Fsp3) is 0.375. The van der Waals surface area contributed by atoms with Crippen LogP contribution in [0, 0.1) is 0 Å². The number of fused-ring (bicyclic) bond motifs is 1. The molecule has 3 nitrogen and oxygen atoms in total. The number of para-hydroxylation sites is 1. The van der Waals surface area contributed by atoms with Crippen molar-refractivity contribution in [3.05, 3.63) is 60.2 Å². The maximum atomic E-state index is 12.6. The van der Waals surface area contributed by atoms with Crippen LogP contribution in [0.2, 0.25) is 18.1 Å². The number of nitrogens with zero attached hydrogens (tertiary/aromatic N) is 1. The molecule has 0 atom stereocenters. The Balaban J connectivity index is 2.07. The third kappa shape index (κ3) is 3.84. The molecule has 4 heteroatoms. The zero-order chi connectivity index (χ0) is 20.5. The van der Waals surface area contributed by atoms with E-state index in [1.165, 1.54) is 5.56 Å². The minimum absolute atomic E-state index is 0.0339. The highest BCUT2D eigenvalue weighted by Crippen LogP contribution is 2.38. The van der Waals surface area contributed by atoms with E-state index in [2.05, 4.69) is 52.1 Å². The first-order valence-electron chi connectivity index (χ1n) is 9.96. The molecule has 0 spiro atoms. The Hall–Kier alpha value is -2.17. The number of aromatic nitrogens is 1. The van der Waals surface area contributed by atoms with Crippen LogP contribution < -0.4 is 0 Å². The van der Waals surface area contributed by atoms with E-state index in [-0.39, 0.29) is 10.9 Å². The van der Waals surface area contributed by atoms with Gasteiger partial charge in [0.05, 0.1) is 11.2 Å². The highest BCUT2D eigenvalue weighted by molar-refractivity contribution is 6.74. The molecule has 0 aliphatic carbocycles. The highest BCUT2D eigenvalue weighted by Gasteiger charge is 2.37. The second-order valence-corrected chi connectivity index (χ2v) is 13.7. The third-order valence-corrected chi connectivity index (χ3v) is 10.5. The molecule has 0 bridgehead atoms. The predicted molar refractivity (Wildman–Crippen MR) is 121 cm³/mol. The Bertz CT molecular complexity index is 981. The fourth-order valence-electron chi connectivity index (χ4n) is 3.41. The molecular weight excluding hydrogens is 362 g/mol. The van der Waals surface area contributed by atoms with Crippen molar-refractivity contribution in [3.8, 4) is 11.3 Å². The molecule has 0 unspecified atom stereocenters. The summed E-state index contributed by atoms with van der Waals surface area (Å²) in [5.74, 6) is 0.0339. The van der Waals surface area contributed by atoms with Gasteiger partial charge in [0.2, 0.25) is 5.91 Å². The summed E-state index contributed by atoms with van der Waals surface area (Å²) in [4.78, 5) is 12.6. The third-order valence-electron chi connectivity index (χ3n) is 5.96. The summed E-state index contributed by atoms with van der Waals surface area (Å²) in [5.41, 5.74) is 4.22. The van der Waals surface area contributed by atoms with Crippen LogP contribution in [0.3, 0.4) is 0 Å². The molecule has 3 aromatic rings. The normalized spacial score (nSPS) is 12.5. The summed E-state index contributed by atoms with van der Waals surface area (Å²) in [5, 5.41) is 1.32. The van der Waals surface area contributed by atoms with E-state index in [1.54, 1.807) is 6.92 Å². The monoisotopic (exact) mass is 393 g/mol. The van der Waals surface area contributed by atoms with E-state index >= 15 is 0 Å². The van der Waals surface area contributed by atoms with Crippen LogP contribution >= 0.6 is 0 Å². The lowest BCUT2D eigenvalue weighted by Crippen LogP contribution is -2.41. The van der Waals surface area contributed by atoms with Crippen molar-refractivity contribution in [2.24, 2.45) is 0 Å². The SMILES string of the molecule is CC(=O)n1c(-c2ccccc2)c(CCO[Si](C)(C)C(C)(C)C)c2ccccc21. The van der Waals surface area contributed by atoms with Gasteiger partial charge in [-0.25, -0.2) is 0 Å². The molecule has 148 valence electrons.